The van der Waals surface area contributed by atoms with Crippen LogP contribution in [0.15, 0.2) is 36.4 Å². The molecule has 88 valence electrons. The van der Waals surface area contributed by atoms with Crippen LogP contribution >= 0.6 is 0 Å². The molecule has 2 aromatic carbocycles. The standard InChI is InChI=1S/C14H15FN2/c1-9-5-12(16)8-13(6-9)17-14-4-3-11(15)7-10(14)2/h3-8,17H,16H2,1-2H3. The molecule has 0 heterocycles. The van der Waals surface area contributed by atoms with Crippen molar-refractivity contribution in [2.75, 3.05) is 11.1 Å². The number of rotatable bonds is 2. The molecule has 0 spiro atoms. The van der Waals surface area contributed by atoms with E-state index in [0.717, 1.165) is 22.5 Å². The summed E-state index contributed by atoms with van der Waals surface area (Å²) >= 11 is 0. The molecule has 0 radical (unpaired) electrons. The monoisotopic (exact) mass is 230 g/mol. The first-order chi connectivity index (χ1) is 8.04. The van der Waals surface area contributed by atoms with Crippen molar-refractivity contribution in [1.29, 1.82) is 0 Å². The molecule has 0 aliphatic rings. The van der Waals surface area contributed by atoms with Crippen LogP contribution in [0.1, 0.15) is 11.1 Å². The van der Waals surface area contributed by atoms with Gasteiger partial charge in [-0.05, 0) is 61.4 Å². The highest BCUT2D eigenvalue weighted by molar-refractivity contribution is 5.66. The maximum Gasteiger partial charge on any atom is 0.123 e. The Morgan fingerprint density at radius 3 is 2.47 bits per heavy atom. The van der Waals surface area contributed by atoms with Crippen molar-refractivity contribution >= 4 is 17.1 Å². The van der Waals surface area contributed by atoms with E-state index < -0.39 is 0 Å². The maximum atomic E-state index is 13.0. The normalized spacial score (nSPS) is 10.3. The predicted molar refractivity (Wildman–Crippen MR) is 70.0 cm³/mol. The number of benzene rings is 2. The highest BCUT2D eigenvalue weighted by Crippen LogP contribution is 2.23. The SMILES string of the molecule is Cc1cc(N)cc(Nc2ccc(F)cc2C)c1. The third-order valence-corrected chi connectivity index (χ3v) is 2.57. The molecule has 0 atom stereocenters. The number of aryl methyl sites for hydroxylation is 2. The predicted octanol–water partition coefficient (Wildman–Crippen LogP) is 3.77. The van der Waals surface area contributed by atoms with Crippen molar-refractivity contribution in [3.05, 3.63) is 53.3 Å². The molecular formula is C14H15FN2. The van der Waals surface area contributed by atoms with Gasteiger partial charge in [-0.3, -0.25) is 0 Å². The van der Waals surface area contributed by atoms with Gasteiger partial charge in [0, 0.05) is 17.1 Å². The quantitative estimate of drug-likeness (QED) is 0.771. The Morgan fingerprint density at radius 2 is 1.82 bits per heavy atom. The average molecular weight is 230 g/mol. The maximum absolute atomic E-state index is 13.0. The molecule has 0 saturated carbocycles. The van der Waals surface area contributed by atoms with E-state index in [1.165, 1.54) is 12.1 Å². The molecule has 2 rings (SSSR count). The fourth-order valence-electron chi connectivity index (χ4n) is 1.81. The molecule has 3 N–H and O–H groups in total. The van der Waals surface area contributed by atoms with Crippen LogP contribution in [-0.2, 0) is 0 Å². The Hall–Kier alpha value is -2.03. The van der Waals surface area contributed by atoms with E-state index >= 15 is 0 Å². The van der Waals surface area contributed by atoms with Crippen molar-refractivity contribution < 1.29 is 4.39 Å². The summed E-state index contributed by atoms with van der Waals surface area (Å²) in [6.07, 6.45) is 0. The van der Waals surface area contributed by atoms with Gasteiger partial charge in [0.15, 0.2) is 0 Å². The van der Waals surface area contributed by atoms with E-state index in [2.05, 4.69) is 5.32 Å². The van der Waals surface area contributed by atoms with Gasteiger partial charge >= 0.3 is 0 Å². The second kappa shape index (κ2) is 4.45. The second-order valence-electron chi connectivity index (χ2n) is 4.22. The molecule has 3 heteroatoms. The lowest BCUT2D eigenvalue weighted by Gasteiger charge is -2.11. The molecule has 0 bridgehead atoms. The van der Waals surface area contributed by atoms with Crippen LogP contribution in [0.4, 0.5) is 21.5 Å². The van der Waals surface area contributed by atoms with E-state index in [9.17, 15) is 4.39 Å². The van der Waals surface area contributed by atoms with Crippen molar-refractivity contribution in [3.8, 4) is 0 Å². The summed E-state index contributed by atoms with van der Waals surface area (Å²) in [5, 5.41) is 3.23. The van der Waals surface area contributed by atoms with Gasteiger partial charge in [-0.15, -0.1) is 0 Å². The fraction of sp³-hybridized carbons (Fsp3) is 0.143. The molecule has 0 amide bonds. The number of nitrogen functional groups attached to an aromatic ring is 1. The Kier molecular flexibility index (Phi) is 3.00. The number of anilines is 3. The summed E-state index contributed by atoms with van der Waals surface area (Å²) < 4.78 is 13.0. The van der Waals surface area contributed by atoms with Gasteiger partial charge in [-0.1, -0.05) is 0 Å². The summed E-state index contributed by atoms with van der Waals surface area (Å²) in [6, 6.07) is 10.4. The molecule has 2 aromatic rings. The third kappa shape index (κ3) is 2.75. The summed E-state index contributed by atoms with van der Waals surface area (Å²) in [4.78, 5) is 0. The summed E-state index contributed by atoms with van der Waals surface area (Å²) in [6.45, 7) is 3.85. The van der Waals surface area contributed by atoms with Gasteiger partial charge < -0.3 is 11.1 Å². The van der Waals surface area contributed by atoms with Gasteiger partial charge in [0.1, 0.15) is 5.82 Å². The first-order valence-electron chi connectivity index (χ1n) is 5.45. The number of hydrogen-bond acceptors (Lipinski definition) is 2. The molecule has 17 heavy (non-hydrogen) atoms. The van der Waals surface area contributed by atoms with E-state index in [1.54, 1.807) is 6.07 Å². The van der Waals surface area contributed by atoms with Crippen molar-refractivity contribution in [2.45, 2.75) is 13.8 Å². The molecule has 0 aliphatic carbocycles. The molecule has 0 fully saturated rings. The minimum atomic E-state index is -0.225. The molecule has 2 nitrogen and oxygen atoms in total. The van der Waals surface area contributed by atoms with Crippen LogP contribution < -0.4 is 11.1 Å². The van der Waals surface area contributed by atoms with Crippen molar-refractivity contribution in [2.24, 2.45) is 0 Å². The molecule has 0 saturated heterocycles. The number of hydrogen-bond donors (Lipinski definition) is 2. The Bertz CT molecular complexity index is 530. The van der Waals surface area contributed by atoms with Gasteiger partial charge in [-0.2, -0.15) is 0 Å². The highest BCUT2D eigenvalue weighted by atomic mass is 19.1. The van der Waals surface area contributed by atoms with Crippen LogP contribution in [0.3, 0.4) is 0 Å². The minimum Gasteiger partial charge on any atom is -0.399 e. The van der Waals surface area contributed by atoms with E-state index in [4.69, 9.17) is 5.73 Å². The number of nitrogens with two attached hydrogens (primary N) is 1. The molecule has 0 unspecified atom stereocenters. The molecule has 0 aromatic heterocycles. The van der Waals surface area contributed by atoms with E-state index in [0.29, 0.717) is 5.69 Å². The lowest BCUT2D eigenvalue weighted by atomic mass is 10.1. The van der Waals surface area contributed by atoms with E-state index in [1.807, 2.05) is 32.0 Å². The highest BCUT2D eigenvalue weighted by Gasteiger charge is 2.01. The zero-order valence-electron chi connectivity index (χ0n) is 9.92. The lowest BCUT2D eigenvalue weighted by Crippen LogP contribution is -1.96. The Balaban J connectivity index is 2.31. The van der Waals surface area contributed by atoms with Gasteiger partial charge in [-0.25, -0.2) is 4.39 Å². The topological polar surface area (TPSA) is 38.0 Å². The van der Waals surface area contributed by atoms with Crippen LogP contribution in [0.25, 0.3) is 0 Å². The lowest BCUT2D eigenvalue weighted by molar-refractivity contribution is 0.627. The summed E-state index contributed by atoms with van der Waals surface area (Å²) in [5.41, 5.74) is 10.2. The largest absolute Gasteiger partial charge is 0.399 e. The van der Waals surface area contributed by atoms with Crippen LogP contribution in [0, 0.1) is 19.7 Å². The van der Waals surface area contributed by atoms with Gasteiger partial charge in [0.05, 0.1) is 0 Å². The first kappa shape index (κ1) is 11.5. The molecule has 0 aliphatic heterocycles. The van der Waals surface area contributed by atoms with Crippen LogP contribution in [-0.4, -0.2) is 0 Å². The first-order valence-corrected chi connectivity index (χ1v) is 5.45. The minimum absolute atomic E-state index is 0.225. The Labute approximate surface area is 100 Å². The smallest absolute Gasteiger partial charge is 0.123 e. The second-order valence-corrected chi connectivity index (χ2v) is 4.22. The van der Waals surface area contributed by atoms with Gasteiger partial charge in [0.25, 0.3) is 0 Å². The van der Waals surface area contributed by atoms with Gasteiger partial charge in [0.2, 0.25) is 0 Å². The summed E-state index contributed by atoms with van der Waals surface area (Å²) in [7, 11) is 0. The summed E-state index contributed by atoms with van der Waals surface area (Å²) in [5.74, 6) is -0.225. The average Bonchev–Trinajstić information content (AvgIpc) is 2.21. The van der Waals surface area contributed by atoms with Crippen LogP contribution in [0.5, 0.6) is 0 Å². The van der Waals surface area contributed by atoms with Crippen molar-refractivity contribution in [3.63, 3.8) is 0 Å². The van der Waals surface area contributed by atoms with E-state index in [-0.39, 0.29) is 5.82 Å². The zero-order valence-corrected chi connectivity index (χ0v) is 9.92. The van der Waals surface area contributed by atoms with Crippen LogP contribution in [0.2, 0.25) is 0 Å². The Morgan fingerprint density at radius 1 is 1.06 bits per heavy atom. The number of nitrogens with one attached hydrogen (secondary N) is 1. The van der Waals surface area contributed by atoms with Crippen molar-refractivity contribution in [1.82, 2.24) is 0 Å². The molecular weight excluding hydrogens is 215 g/mol. The third-order valence-electron chi connectivity index (χ3n) is 2.57. The number of halogens is 1. The fourth-order valence-corrected chi connectivity index (χ4v) is 1.81. The zero-order chi connectivity index (χ0) is 12.4.